The van der Waals surface area contributed by atoms with Gasteiger partial charge in [0.2, 0.25) is 0 Å². The number of carbonyl (C=O) groups excluding carboxylic acids is 1. The number of carbonyl (C=O) groups is 1. The maximum atomic E-state index is 9.31. The Morgan fingerprint density at radius 2 is 1.41 bits per heavy atom. The second-order valence-electron chi connectivity index (χ2n) is 8.98. The molecule has 6 rings (SSSR count). The van der Waals surface area contributed by atoms with E-state index in [1.165, 1.54) is 37.4 Å². The van der Waals surface area contributed by atoms with Crippen LogP contribution in [0.3, 0.4) is 0 Å². The summed E-state index contributed by atoms with van der Waals surface area (Å²) in [6.07, 6.45) is 7.51. The molecule has 0 radical (unpaired) electrons. The maximum Gasteiger partial charge on any atom is 1.00 e. The minimum atomic E-state index is 0. The summed E-state index contributed by atoms with van der Waals surface area (Å²) in [5.41, 5.74) is 3.21. The number of aromatic nitrogens is 2. The predicted octanol–water partition coefficient (Wildman–Crippen LogP) is 1.68. The van der Waals surface area contributed by atoms with Crippen LogP contribution in [-0.2, 0) is 24.1 Å². The number of morpholine rings is 1. The number of benzene rings is 2. The van der Waals surface area contributed by atoms with E-state index >= 15 is 0 Å². The van der Waals surface area contributed by atoms with E-state index in [9.17, 15) is 4.79 Å². The number of fused-ring (bicyclic) bond motifs is 2. The molecule has 2 aliphatic rings. The van der Waals surface area contributed by atoms with Crippen LogP contribution in [0.15, 0.2) is 69.9 Å². The van der Waals surface area contributed by atoms with E-state index in [4.69, 9.17) is 21.1 Å². The monoisotopic (exact) mass is 819 g/mol. The number of hydroxylamine groups is 1. The van der Waals surface area contributed by atoms with Gasteiger partial charge in [-0.15, -0.1) is 4.99 Å². The number of nitrogens with zero attached hydrogens (tertiary/aromatic N) is 4. The number of pyridine rings is 2. The van der Waals surface area contributed by atoms with Crippen LogP contribution in [0.5, 0.6) is 0 Å². The number of halogens is 3. The first-order valence-electron chi connectivity index (χ1n) is 13.3. The smallest absolute Gasteiger partial charge is 0.441 e. The van der Waals surface area contributed by atoms with Gasteiger partial charge in [-0.05, 0) is 74.8 Å². The molecule has 4 heterocycles. The number of rotatable bonds is 4. The predicted molar refractivity (Wildman–Crippen MR) is 176 cm³/mol. The SMILES string of the molecule is Brc1ccc2nccc(N3CCOCC3)c2c1.C1CCOCC1.CN([PH-])OOC=O.Clc1ccnc2ccc(Br)cc12.[K+].[K+]. The first-order valence-corrected chi connectivity index (χ1v) is 15.7. The first kappa shape index (κ1) is 43.3. The largest absolute Gasteiger partial charge is 1.00 e. The van der Waals surface area contributed by atoms with Gasteiger partial charge in [-0.2, -0.15) is 0 Å². The molecule has 0 N–H and O–H groups in total. The molecule has 2 aromatic heterocycles. The van der Waals surface area contributed by atoms with Crippen molar-refractivity contribution in [3.63, 3.8) is 0 Å². The average molecular weight is 822 g/mol. The van der Waals surface area contributed by atoms with Crippen molar-refractivity contribution in [1.29, 1.82) is 0 Å². The third-order valence-electron chi connectivity index (χ3n) is 5.95. The van der Waals surface area contributed by atoms with Gasteiger partial charge in [-0.3, -0.25) is 19.7 Å². The molecule has 0 saturated carbocycles. The zero-order chi connectivity index (χ0) is 30.2. The zero-order valence-electron chi connectivity index (χ0n) is 25.2. The fourth-order valence-corrected chi connectivity index (χ4v) is 5.01. The second kappa shape index (κ2) is 25.3. The van der Waals surface area contributed by atoms with Gasteiger partial charge in [0.25, 0.3) is 0 Å². The van der Waals surface area contributed by atoms with Gasteiger partial charge in [0.15, 0.2) is 0 Å². The van der Waals surface area contributed by atoms with Crippen LogP contribution in [0, 0.1) is 0 Å². The Hall–Kier alpha value is 1.32. The van der Waals surface area contributed by atoms with Gasteiger partial charge >= 0.3 is 109 Å². The van der Waals surface area contributed by atoms with Crippen molar-refractivity contribution < 1.29 is 127 Å². The Morgan fingerprint density at radius 1 is 0.864 bits per heavy atom. The van der Waals surface area contributed by atoms with Crippen molar-refractivity contribution in [2.45, 2.75) is 19.3 Å². The van der Waals surface area contributed by atoms with E-state index in [1.807, 2.05) is 36.5 Å². The summed E-state index contributed by atoms with van der Waals surface area (Å²) in [6.45, 7) is 5.68. The van der Waals surface area contributed by atoms with Crippen molar-refractivity contribution in [3.05, 3.63) is 74.9 Å². The van der Waals surface area contributed by atoms with Gasteiger partial charge in [0.1, 0.15) is 0 Å². The molecule has 0 bridgehead atoms. The summed E-state index contributed by atoms with van der Waals surface area (Å²) in [4.78, 5) is 29.2. The van der Waals surface area contributed by atoms with Gasteiger partial charge in [0.05, 0.1) is 29.3 Å². The molecule has 15 heteroatoms. The van der Waals surface area contributed by atoms with Crippen molar-refractivity contribution in [2.75, 3.05) is 51.5 Å². The number of hydrogen-bond acceptors (Lipinski definition) is 9. The summed E-state index contributed by atoms with van der Waals surface area (Å²) in [5.74, 6) is 0. The van der Waals surface area contributed by atoms with Crippen molar-refractivity contribution >= 4 is 86.8 Å². The fourth-order valence-electron chi connectivity index (χ4n) is 4.04. The Morgan fingerprint density at radius 3 is 1.91 bits per heavy atom. The summed E-state index contributed by atoms with van der Waals surface area (Å²) in [5, 5.41) is 2.92. The minimum Gasteiger partial charge on any atom is -0.441 e. The van der Waals surface area contributed by atoms with Crippen molar-refractivity contribution in [3.8, 4) is 0 Å². The number of ether oxygens (including phenoxy) is 2. The number of hydrogen-bond donors (Lipinski definition) is 0. The van der Waals surface area contributed by atoms with Crippen molar-refractivity contribution in [2.24, 2.45) is 0 Å². The molecule has 44 heavy (non-hydrogen) atoms. The summed E-state index contributed by atoms with van der Waals surface area (Å²) in [7, 11) is 4.36. The third-order valence-corrected chi connectivity index (χ3v) is 7.34. The number of anilines is 1. The third kappa shape index (κ3) is 16.1. The molecule has 0 atom stereocenters. The summed E-state index contributed by atoms with van der Waals surface area (Å²) < 4.78 is 12.6. The molecular weight excluding hydrogens is 789 g/mol. The van der Waals surface area contributed by atoms with E-state index in [-0.39, 0.29) is 109 Å². The van der Waals surface area contributed by atoms with Crippen molar-refractivity contribution in [1.82, 2.24) is 14.8 Å². The Bertz CT molecular complexity index is 1400. The van der Waals surface area contributed by atoms with Gasteiger partial charge in [0, 0.05) is 64.1 Å². The summed E-state index contributed by atoms with van der Waals surface area (Å²) in [6, 6.07) is 15.9. The van der Waals surface area contributed by atoms with Crippen LogP contribution in [-0.4, -0.2) is 67.8 Å². The molecule has 0 unspecified atom stereocenters. The first-order chi connectivity index (χ1) is 20.4. The molecule has 2 aromatic carbocycles. The minimum absolute atomic E-state index is 0. The molecule has 9 nitrogen and oxygen atoms in total. The summed E-state index contributed by atoms with van der Waals surface area (Å²) >= 11 is 12.9. The molecule has 0 aliphatic carbocycles. The normalized spacial score (nSPS) is 13.9. The Kier molecular flexibility index (Phi) is 24.9. The van der Waals surface area contributed by atoms with E-state index in [0.29, 0.717) is 0 Å². The van der Waals surface area contributed by atoms with E-state index < -0.39 is 0 Å². The Balaban J connectivity index is 0.000000315. The Labute approximate surface area is 368 Å². The van der Waals surface area contributed by atoms with Crippen LogP contribution >= 0.6 is 52.9 Å². The topological polar surface area (TPSA) is 86.3 Å². The molecular formula is C29H33Br2ClK2N4O5P+. The molecule has 0 amide bonds. The van der Waals surface area contributed by atoms with Crippen LogP contribution < -0.4 is 108 Å². The molecule has 0 spiro atoms. The van der Waals surface area contributed by atoms with Crippen LogP contribution in [0.25, 0.3) is 21.8 Å². The van der Waals surface area contributed by atoms with E-state index in [1.54, 1.807) is 12.3 Å². The van der Waals surface area contributed by atoms with Crippen LogP contribution in [0.4, 0.5) is 5.69 Å². The fraction of sp³-hybridized carbons (Fsp3) is 0.345. The average Bonchev–Trinajstić information content (AvgIpc) is 3.02. The van der Waals surface area contributed by atoms with Gasteiger partial charge < -0.3 is 28.6 Å². The molecule has 226 valence electrons. The second-order valence-corrected chi connectivity index (χ2v) is 11.9. The van der Waals surface area contributed by atoms with Gasteiger partial charge in [-0.1, -0.05) is 43.5 Å². The standard InChI is InChI=1S/C13H13BrN2O.C9H5BrClN.C5H10O.C2H5NO3P.2K/c14-10-1-2-12-11(9-10)13(3-4-15-12)16-5-7-17-8-6-16;10-6-1-2-9-7(5-6)8(11)3-4-12-9;1-2-4-6-5-3-1;1-3(7)6-5-2-4;;/h1-4,9H,5-8H2;1-5H;1-5H2;2,7H,1H3;;/q;;;-1;2*+1. The van der Waals surface area contributed by atoms with Gasteiger partial charge in [-0.25, -0.2) is 0 Å². The van der Waals surface area contributed by atoms with Crippen LogP contribution in [0.2, 0.25) is 5.02 Å². The molecule has 2 aliphatic heterocycles. The van der Waals surface area contributed by atoms with E-state index in [2.05, 4.69) is 78.1 Å². The molecule has 4 aromatic rings. The quantitative estimate of drug-likeness (QED) is 0.101. The zero-order valence-corrected chi connectivity index (χ0v) is 36.4. The van der Waals surface area contributed by atoms with Crippen LogP contribution in [0.1, 0.15) is 19.3 Å². The maximum absolute atomic E-state index is 9.31. The molecule has 2 saturated heterocycles. The van der Waals surface area contributed by atoms with E-state index in [0.717, 1.165) is 74.7 Å². The molecule has 2 fully saturated rings.